The van der Waals surface area contributed by atoms with Crippen molar-refractivity contribution in [2.75, 3.05) is 11.4 Å². The fourth-order valence-corrected chi connectivity index (χ4v) is 4.10. The molecule has 0 unspecified atom stereocenters. The predicted octanol–water partition coefficient (Wildman–Crippen LogP) is 2.47. The molecule has 124 valence electrons. The van der Waals surface area contributed by atoms with Crippen molar-refractivity contribution < 1.29 is 9.90 Å². The van der Waals surface area contributed by atoms with Crippen LogP contribution in [0.3, 0.4) is 0 Å². The zero-order chi connectivity index (χ0) is 17.1. The predicted molar refractivity (Wildman–Crippen MR) is 95.4 cm³/mol. The molecule has 2 aromatic carbocycles. The number of hydrogen-bond acceptors (Lipinski definition) is 3. The van der Waals surface area contributed by atoms with Gasteiger partial charge in [0.1, 0.15) is 11.3 Å². The van der Waals surface area contributed by atoms with Crippen LogP contribution in [-0.2, 0) is 19.4 Å². The molecular weight excluding hydrogens is 316 g/mol. The summed E-state index contributed by atoms with van der Waals surface area (Å²) in [6.45, 7) is 1.07. The summed E-state index contributed by atoms with van der Waals surface area (Å²) in [7, 11) is 0. The number of carbonyl (C=O) groups excluding carboxylic acids is 1. The first-order chi connectivity index (χ1) is 12.2. The molecule has 0 saturated carbocycles. The van der Waals surface area contributed by atoms with Gasteiger partial charge in [0, 0.05) is 24.2 Å². The molecule has 0 bridgehead atoms. The number of aryl methyl sites for hydroxylation is 2. The van der Waals surface area contributed by atoms with Crippen LogP contribution in [0.2, 0.25) is 0 Å². The minimum atomic E-state index is -0.421. The highest BCUT2D eigenvalue weighted by atomic mass is 16.3. The van der Waals surface area contributed by atoms with Crippen molar-refractivity contribution in [3.05, 3.63) is 69.5 Å². The molecular formula is C20H16N2O3. The quantitative estimate of drug-likeness (QED) is 0.745. The van der Waals surface area contributed by atoms with Crippen molar-refractivity contribution in [3.8, 4) is 5.75 Å². The second-order valence-electron chi connectivity index (χ2n) is 6.58. The van der Waals surface area contributed by atoms with Gasteiger partial charge >= 0.3 is 0 Å². The van der Waals surface area contributed by atoms with E-state index < -0.39 is 11.5 Å². The molecule has 25 heavy (non-hydrogen) atoms. The largest absolute Gasteiger partial charge is 0.506 e. The van der Waals surface area contributed by atoms with Crippen LogP contribution >= 0.6 is 0 Å². The summed E-state index contributed by atoms with van der Waals surface area (Å²) >= 11 is 0. The summed E-state index contributed by atoms with van der Waals surface area (Å²) < 4.78 is 1.62. The molecule has 0 aliphatic carbocycles. The molecule has 0 fully saturated rings. The van der Waals surface area contributed by atoms with E-state index in [9.17, 15) is 14.7 Å². The number of para-hydroxylation sites is 2. The van der Waals surface area contributed by atoms with E-state index in [0.717, 1.165) is 35.2 Å². The number of rotatable bonds is 1. The standard InChI is InChI=1S/C20H16N2O3/c23-18-14-6-3-5-13-9-11-22(17(13)14)20(25)16(18)19(24)21-10-8-12-4-1-2-7-15(12)21/h1-7,23H,8-11H2. The van der Waals surface area contributed by atoms with Crippen molar-refractivity contribution in [2.45, 2.75) is 19.4 Å². The summed E-state index contributed by atoms with van der Waals surface area (Å²) in [4.78, 5) is 27.7. The summed E-state index contributed by atoms with van der Waals surface area (Å²) in [5.74, 6) is -0.621. The van der Waals surface area contributed by atoms with E-state index in [2.05, 4.69) is 0 Å². The van der Waals surface area contributed by atoms with Crippen molar-refractivity contribution >= 4 is 22.5 Å². The first-order valence-electron chi connectivity index (χ1n) is 8.44. The number of carbonyl (C=O) groups is 1. The molecule has 0 atom stereocenters. The topological polar surface area (TPSA) is 62.5 Å². The van der Waals surface area contributed by atoms with Crippen molar-refractivity contribution in [2.24, 2.45) is 0 Å². The lowest BCUT2D eigenvalue weighted by molar-refractivity contribution is 0.0985. The minimum absolute atomic E-state index is 0.122. The van der Waals surface area contributed by atoms with E-state index in [4.69, 9.17) is 0 Å². The average Bonchev–Trinajstić information content (AvgIpc) is 3.25. The van der Waals surface area contributed by atoms with Gasteiger partial charge in [0.2, 0.25) is 0 Å². The van der Waals surface area contributed by atoms with Crippen LogP contribution in [0.15, 0.2) is 47.3 Å². The first-order valence-corrected chi connectivity index (χ1v) is 8.44. The van der Waals surface area contributed by atoms with Crippen LogP contribution in [0.25, 0.3) is 10.9 Å². The maximum Gasteiger partial charge on any atom is 0.267 e. The van der Waals surface area contributed by atoms with Crippen LogP contribution in [0.4, 0.5) is 5.69 Å². The van der Waals surface area contributed by atoms with Gasteiger partial charge in [0.15, 0.2) is 0 Å². The Morgan fingerprint density at radius 2 is 1.72 bits per heavy atom. The number of anilines is 1. The Balaban J connectivity index is 1.73. The van der Waals surface area contributed by atoms with Crippen LogP contribution < -0.4 is 10.5 Å². The van der Waals surface area contributed by atoms with E-state index in [-0.39, 0.29) is 11.3 Å². The lowest BCUT2D eigenvalue weighted by Crippen LogP contribution is -2.35. The molecule has 0 radical (unpaired) electrons. The van der Waals surface area contributed by atoms with Crippen LogP contribution in [-0.4, -0.2) is 22.1 Å². The molecule has 1 N–H and O–H groups in total. The number of nitrogens with zero attached hydrogens (tertiary/aromatic N) is 2. The molecule has 3 heterocycles. The Kier molecular flexibility index (Phi) is 2.83. The molecule has 5 heteroatoms. The number of amides is 1. The van der Waals surface area contributed by atoms with E-state index in [1.165, 1.54) is 0 Å². The Morgan fingerprint density at radius 1 is 0.960 bits per heavy atom. The zero-order valence-corrected chi connectivity index (χ0v) is 13.5. The number of aromatic nitrogens is 1. The summed E-state index contributed by atoms with van der Waals surface area (Å²) in [5.41, 5.74) is 3.18. The summed E-state index contributed by atoms with van der Waals surface area (Å²) in [6.07, 6.45) is 1.50. The van der Waals surface area contributed by atoms with Gasteiger partial charge < -0.3 is 14.6 Å². The summed E-state index contributed by atoms with van der Waals surface area (Å²) in [6, 6.07) is 13.3. The van der Waals surface area contributed by atoms with Gasteiger partial charge in [-0.25, -0.2) is 0 Å². The van der Waals surface area contributed by atoms with E-state index in [1.807, 2.05) is 36.4 Å². The fraction of sp³-hybridized carbons (Fsp3) is 0.200. The second-order valence-corrected chi connectivity index (χ2v) is 6.58. The molecule has 0 spiro atoms. The third-order valence-corrected chi connectivity index (χ3v) is 5.29. The van der Waals surface area contributed by atoms with Gasteiger partial charge in [-0.2, -0.15) is 0 Å². The number of aromatic hydroxyl groups is 1. The third-order valence-electron chi connectivity index (χ3n) is 5.29. The van der Waals surface area contributed by atoms with Crippen molar-refractivity contribution in [1.82, 2.24) is 4.57 Å². The fourth-order valence-electron chi connectivity index (χ4n) is 4.10. The smallest absolute Gasteiger partial charge is 0.267 e. The Morgan fingerprint density at radius 3 is 2.60 bits per heavy atom. The number of pyridine rings is 1. The monoisotopic (exact) mass is 332 g/mol. The van der Waals surface area contributed by atoms with Crippen LogP contribution in [0.5, 0.6) is 5.75 Å². The highest BCUT2D eigenvalue weighted by molar-refractivity contribution is 6.11. The van der Waals surface area contributed by atoms with Gasteiger partial charge in [-0.1, -0.05) is 30.3 Å². The highest BCUT2D eigenvalue weighted by Gasteiger charge is 2.32. The van der Waals surface area contributed by atoms with Gasteiger partial charge in [-0.05, 0) is 36.1 Å². The molecule has 5 nitrogen and oxygen atoms in total. The lowest BCUT2D eigenvalue weighted by atomic mass is 10.1. The maximum absolute atomic E-state index is 13.1. The van der Waals surface area contributed by atoms with E-state index >= 15 is 0 Å². The molecule has 1 amide bonds. The average molecular weight is 332 g/mol. The first kappa shape index (κ1) is 14.3. The normalized spacial score (nSPS) is 15.0. The van der Waals surface area contributed by atoms with E-state index in [0.29, 0.717) is 18.5 Å². The molecule has 2 aliphatic rings. The number of hydrogen-bond donors (Lipinski definition) is 1. The molecule has 3 aromatic rings. The number of fused-ring (bicyclic) bond motifs is 1. The molecule has 5 rings (SSSR count). The van der Waals surface area contributed by atoms with Gasteiger partial charge in [0.25, 0.3) is 11.5 Å². The SMILES string of the molecule is O=C(c1c(O)c2cccc3c2n(c1=O)CC3)N1CCc2ccccc21. The Hall–Kier alpha value is -3.08. The zero-order valence-electron chi connectivity index (χ0n) is 13.5. The summed E-state index contributed by atoms with van der Waals surface area (Å²) in [5, 5.41) is 11.3. The van der Waals surface area contributed by atoms with Gasteiger partial charge in [0.05, 0.1) is 5.52 Å². The minimum Gasteiger partial charge on any atom is -0.506 e. The maximum atomic E-state index is 13.1. The Labute approximate surface area is 143 Å². The van der Waals surface area contributed by atoms with Crippen LogP contribution in [0, 0.1) is 0 Å². The van der Waals surface area contributed by atoms with Gasteiger partial charge in [-0.15, -0.1) is 0 Å². The van der Waals surface area contributed by atoms with Crippen molar-refractivity contribution in [3.63, 3.8) is 0 Å². The molecule has 2 aliphatic heterocycles. The van der Waals surface area contributed by atoms with Gasteiger partial charge in [-0.3, -0.25) is 9.59 Å². The highest BCUT2D eigenvalue weighted by Crippen LogP contribution is 2.34. The van der Waals surface area contributed by atoms with Crippen LogP contribution in [0.1, 0.15) is 21.5 Å². The van der Waals surface area contributed by atoms with Crippen molar-refractivity contribution in [1.29, 1.82) is 0 Å². The van der Waals surface area contributed by atoms with E-state index in [1.54, 1.807) is 15.5 Å². The third kappa shape index (κ3) is 1.83. The number of benzene rings is 2. The molecule has 0 saturated heterocycles. The molecule has 1 aromatic heterocycles. The Bertz CT molecular complexity index is 1110. The lowest BCUT2D eigenvalue weighted by Gasteiger charge is -2.19. The second kappa shape index (κ2) is 4.96.